The van der Waals surface area contributed by atoms with Gasteiger partial charge in [0.15, 0.2) is 6.29 Å². The smallest absolute Gasteiger partial charge is 0.155 e. The van der Waals surface area contributed by atoms with Gasteiger partial charge in [-0.05, 0) is 19.1 Å². The summed E-state index contributed by atoms with van der Waals surface area (Å²) in [7, 11) is 0. The SMILES string of the molecule is CCOc1ccc(N)c(N)c1C=O. The summed E-state index contributed by atoms with van der Waals surface area (Å²) in [5, 5.41) is 0. The minimum atomic E-state index is 0.279. The number of carbonyl (C=O) groups is 1. The molecule has 1 rings (SSSR count). The van der Waals surface area contributed by atoms with Crippen LogP contribution in [-0.2, 0) is 0 Å². The van der Waals surface area contributed by atoms with Gasteiger partial charge in [0.1, 0.15) is 5.75 Å². The van der Waals surface area contributed by atoms with Crippen molar-refractivity contribution in [1.29, 1.82) is 0 Å². The second-order valence-corrected chi connectivity index (χ2v) is 2.53. The summed E-state index contributed by atoms with van der Waals surface area (Å²) >= 11 is 0. The zero-order valence-electron chi connectivity index (χ0n) is 7.41. The molecular weight excluding hydrogens is 168 g/mol. The van der Waals surface area contributed by atoms with Gasteiger partial charge in [0, 0.05) is 0 Å². The molecule has 4 N–H and O–H groups in total. The standard InChI is InChI=1S/C9H12N2O2/c1-2-13-8-4-3-7(10)9(11)6(8)5-12/h3-5H,2,10-11H2,1H3. The van der Waals surface area contributed by atoms with Crippen LogP contribution in [0.3, 0.4) is 0 Å². The molecule has 0 bridgehead atoms. The monoisotopic (exact) mass is 180 g/mol. The van der Waals surface area contributed by atoms with E-state index in [2.05, 4.69) is 0 Å². The Kier molecular flexibility index (Phi) is 2.74. The van der Waals surface area contributed by atoms with Crippen molar-refractivity contribution in [3.05, 3.63) is 17.7 Å². The Morgan fingerprint density at radius 1 is 1.46 bits per heavy atom. The van der Waals surface area contributed by atoms with Crippen LogP contribution in [0.5, 0.6) is 5.75 Å². The topological polar surface area (TPSA) is 78.3 Å². The van der Waals surface area contributed by atoms with Gasteiger partial charge in [-0.25, -0.2) is 0 Å². The van der Waals surface area contributed by atoms with Crippen molar-refractivity contribution in [2.75, 3.05) is 18.1 Å². The summed E-state index contributed by atoms with van der Waals surface area (Å²) in [6.07, 6.45) is 0.649. The highest BCUT2D eigenvalue weighted by atomic mass is 16.5. The van der Waals surface area contributed by atoms with E-state index in [0.29, 0.717) is 29.9 Å². The molecule has 1 aromatic rings. The van der Waals surface area contributed by atoms with E-state index in [4.69, 9.17) is 16.2 Å². The Hall–Kier alpha value is -1.71. The summed E-state index contributed by atoms with van der Waals surface area (Å²) < 4.78 is 5.20. The summed E-state index contributed by atoms with van der Waals surface area (Å²) in [5.74, 6) is 0.476. The molecule has 0 aliphatic heterocycles. The molecule has 0 atom stereocenters. The third-order valence-corrected chi connectivity index (χ3v) is 1.70. The Labute approximate surface area is 76.5 Å². The average molecular weight is 180 g/mol. The molecule has 0 unspecified atom stereocenters. The van der Waals surface area contributed by atoms with Crippen LogP contribution < -0.4 is 16.2 Å². The number of aldehydes is 1. The highest BCUT2D eigenvalue weighted by Crippen LogP contribution is 2.27. The Bertz CT molecular complexity index is 324. The molecule has 0 heterocycles. The third-order valence-electron chi connectivity index (χ3n) is 1.70. The maximum absolute atomic E-state index is 10.7. The van der Waals surface area contributed by atoms with Gasteiger partial charge in [-0.15, -0.1) is 0 Å². The Balaban J connectivity index is 3.21. The van der Waals surface area contributed by atoms with Crippen LogP contribution in [0.15, 0.2) is 12.1 Å². The van der Waals surface area contributed by atoms with Crippen molar-refractivity contribution in [3.63, 3.8) is 0 Å². The van der Waals surface area contributed by atoms with Crippen LogP contribution in [0.1, 0.15) is 17.3 Å². The number of ether oxygens (including phenoxy) is 1. The first-order chi connectivity index (χ1) is 6.20. The van der Waals surface area contributed by atoms with Gasteiger partial charge in [-0.1, -0.05) is 0 Å². The number of nitrogens with two attached hydrogens (primary N) is 2. The van der Waals surface area contributed by atoms with Crippen molar-refractivity contribution in [1.82, 2.24) is 0 Å². The highest BCUT2D eigenvalue weighted by molar-refractivity contribution is 5.91. The minimum absolute atomic E-state index is 0.279. The number of rotatable bonds is 3. The van der Waals surface area contributed by atoms with E-state index in [0.717, 1.165) is 0 Å². The van der Waals surface area contributed by atoms with Crippen LogP contribution in [0.2, 0.25) is 0 Å². The van der Waals surface area contributed by atoms with Gasteiger partial charge in [0.25, 0.3) is 0 Å². The Morgan fingerprint density at radius 3 is 2.69 bits per heavy atom. The average Bonchev–Trinajstić information content (AvgIpc) is 2.12. The second kappa shape index (κ2) is 3.80. The van der Waals surface area contributed by atoms with Crippen LogP contribution in [-0.4, -0.2) is 12.9 Å². The lowest BCUT2D eigenvalue weighted by molar-refractivity contribution is 0.112. The van der Waals surface area contributed by atoms with Crippen LogP contribution in [0.25, 0.3) is 0 Å². The van der Waals surface area contributed by atoms with Crippen molar-refractivity contribution in [2.24, 2.45) is 0 Å². The number of hydrogen-bond acceptors (Lipinski definition) is 4. The normalized spacial score (nSPS) is 9.62. The van der Waals surface area contributed by atoms with Gasteiger partial charge in [0.2, 0.25) is 0 Å². The van der Waals surface area contributed by atoms with Crippen molar-refractivity contribution in [3.8, 4) is 5.75 Å². The van der Waals surface area contributed by atoms with Gasteiger partial charge in [-0.3, -0.25) is 4.79 Å². The minimum Gasteiger partial charge on any atom is -0.493 e. The highest BCUT2D eigenvalue weighted by Gasteiger charge is 2.08. The number of carbonyl (C=O) groups excluding carboxylic acids is 1. The molecule has 0 fully saturated rings. The van der Waals surface area contributed by atoms with E-state index in [-0.39, 0.29) is 5.69 Å². The van der Waals surface area contributed by atoms with Gasteiger partial charge < -0.3 is 16.2 Å². The molecule has 70 valence electrons. The van der Waals surface area contributed by atoms with Crippen LogP contribution in [0, 0.1) is 0 Å². The zero-order valence-corrected chi connectivity index (χ0v) is 7.41. The van der Waals surface area contributed by atoms with E-state index in [9.17, 15) is 4.79 Å². The summed E-state index contributed by atoms with van der Waals surface area (Å²) in [4.78, 5) is 10.7. The quantitative estimate of drug-likeness (QED) is 0.538. The second-order valence-electron chi connectivity index (χ2n) is 2.53. The number of nitrogen functional groups attached to an aromatic ring is 2. The summed E-state index contributed by atoms with van der Waals surface area (Å²) in [6.45, 7) is 2.32. The van der Waals surface area contributed by atoms with E-state index in [1.165, 1.54) is 0 Å². The molecule has 0 radical (unpaired) electrons. The molecule has 13 heavy (non-hydrogen) atoms. The Morgan fingerprint density at radius 2 is 2.15 bits per heavy atom. The van der Waals surface area contributed by atoms with Gasteiger partial charge >= 0.3 is 0 Å². The number of benzene rings is 1. The molecule has 0 aromatic heterocycles. The summed E-state index contributed by atoms with van der Waals surface area (Å²) in [5.41, 5.74) is 12.1. The van der Waals surface area contributed by atoms with Crippen LogP contribution in [0.4, 0.5) is 11.4 Å². The van der Waals surface area contributed by atoms with E-state index in [1.807, 2.05) is 6.92 Å². The molecule has 0 amide bonds. The largest absolute Gasteiger partial charge is 0.493 e. The predicted octanol–water partition coefficient (Wildman–Crippen LogP) is 1.06. The lowest BCUT2D eigenvalue weighted by Gasteiger charge is -2.09. The van der Waals surface area contributed by atoms with Gasteiger partial charge in [0.05, 0.1) is 23.5 Å². The van der Waals surface area contributed by atoms with Crippen molar-refractivity contribution in [2.45, 2.75) is 6.92 Å². The predicted molar refractivity (Wildman–Crippen MR) is 51.8 cm³/mol. The first-order valence-electron chi connectivity index (χ1n) is 3.96. The first kappa shape index (κ1) is 9.38. The molecule has 1 aromatic carbocycles. The summed E-state index contributed by atoms with van der Waals surface area (Å²) in [6, 6.07) is 3.26. The van der Waals surface area contributed by atoms with Crippen molar-refractivity contribution >= 4 is 17.7 Å². The third kappa shape index (κ3) is 1.72. The number of anilines is 2. The fourth-order valence-corrected chi connectivity index (χ4v) is 1.04. The van der Waals surface area contributed by atoms with E-state index in [1.54, 1.807) is 12.1 Å². The fraction of sp³-hybridized carbons (Fsp3) is 0.222. The molecule has 4 nitrogen and oxygen atoms in total. The fourth-order valence-electron chi connectivity index (χ4n) is 1.04. The lowest BCUT2D eigenvalue weighted by atomic mass is 10.1. The lowest BCUT2D eigenvalue weighted by Crippen LogP contribution is -2.03. The van der Waals surface area contributed by atoms with E-state index < -0.39 is 0 Å². The van der Waals surface area contributed by atoms with E-state index >= 15 is 0 Å². The molecule has 0 saturated heterocycles. The molecular formula is C9H12N2O2. The molecule has 0 saturated carbocycles. The maximum Gasteiger partial charge on any atom is 0.155 e. The zero-order chi connectivity index (χ0) is 9.84. The van der Waals surface area contributed by atoms with Crippen LogP contribution >= 0.6 is 0 Å². The molecule has 4 heteroatoms. The molecule has 0 aliphatic rings. The molecule has 0 aliphatic carbocycles. The maximum atomic E-state index is 10.7. The number of hydrogen-bond donors (Lipinski definition) is 2. The van der Waals surface area contributed by atoms with Crippen molar-refractivity contribution < 1.29 is 9.53 Å². The van der Waals surface area contributed by atoms with Gasteiger partial charge in [-0.2, -0.15) is 0 Å². The molecule has 0 spiro atoms. The first-order valence-corrected chi connectivity index (χ1v) is 3.96.